The highest BCUT2D eigenvalue weighted by Gasteiger charge is 2.29. The van der Waals surface area contributed by atoms with Crippen LogP contribution >= 0.6 is 0 Å². The molecule has 1 heterocycles. The van der Waals surface area contributed by atoms with Gasteiger partial charge in [-0.1, -0.05) is 19.1 Å². The molecule has 1 aliphatic rings. The third-order valence-corrected chi connectivity index (χ3v) is 3.19. The standard InChI is InChI=1S/C13H18N2O/c1-2-10-3-5-12(6-4-10)15-9-11(8-14)7-13(15)16/h3-6,11H,2,7-9,14H2,1H3. The molecule has 0 aromatic heterocycles. The molecule has 0 aliphatic carbocycles. The normalized spacial score (nSPS) is 20.5. The number of aryl methyl sites for hydroxylation is 1. The van der Waals surface area contributed by atoms with Crippen molar-refractivity contribution in [3.8, 4) is 0 Å². The van der Waals surface area contributed by atoms with Crippen LogP contribution in [0.1, 0.15) is 18.9 Å². The Balaban J connectivity index is 2.15. The van der Waals surface area contributed by atoms with Gasteiger partial charge < -0.3 is 10.6 Å². The Morgan fingerprint density at radius 1 is 1.38 bits per heavy atom. The summed E-state index contributed by atoms with van der Waals surface area (Å²) >= 11 is 0. The Hall–Kier alpha value is -1.35. The first-order valence-electron chi connectivity index (χ1n) is 5.84. The minimum Gasteiger partial charge on any atom is -0.330 e. The van der Waals surface area contributed by atoms with E-state index in [-0.39, 0.29) is 5.91 Å². The van der Waals surface area contributed by atoms with Gasteiger partial charge in [0.15, 0.2) is 0 Å². The van der Waals surface area contributed by atoms with E-state index in [1.165, 1.54) is 5.56 Å². The molecule has 3 nitrogen and oxygen atoms in total. The summed E-state index contributed by atoms with van der Waals surface area (Å²) in [4.78, 5) is 13.6. The summed E-state index contributed by atoms with van der Waals surface area (Å²) in [6.07, 6.45) is 1.62. The van der Waals surface area contributed by atoms with E-state index in [1.807, 2.05) is 17.0 Å². The molecule has 2 N–H and O–H groups in total. The number of benzene rings is 1. The molecular formula is C13H18N2O. The van der Waals surface area contributed by atoms with Crippen molar-refractivity contribution < 1.29 is 4.79 Å². The lowest BCUT2D eigenvalue weighted by Gasteiger charge is -2.16. The van der Waals surface area contributed by atoms with Crippen molar-refractivity contribution in [2.75, 3.05) is 18.0 Å². The van der Waals surface area contributed by atoms with Crippen molar-refractivity contribution in [2.24, 2.45) is 11.7 Å². The van der Waals surface area contributed by atoms with Crippen LogP contribution in [-0.2, 0) is 11.2 Å². The van der Waals surface area contributed by atoms with E-state index < -0.39 is 0 Å². The predicted octanol–water partition coefficient (Wildman–Crippen LogP) is 1.56. The van der Waals surface area contributed by atoms with Crippen LogP contribution in [0.3, 0.4) is 0 Å². The highest BCUT2D eigenvalue weighted by atomic mass is 16.2. The molecule has 0 bridgehead atoms. The van der Waals surface area contributed by atoms with Crippen LogP contribution in [0.4, 0.5) is 5.69 Å². The highest BCUT2D eigenvalue weighted by Crippen LogP contribution is 2.24. The third kappa shape index (κ3) is 2.09. The van der Waals surface area contributed by atoms with E-state index in [9.17, 15) is 4.79 Å². The first-order chi connectivity index (χ1) is 7.74. The zero-order chi connectivity index (χ0) is 11.5. The third-order valence-electron chi connectivity index (χ3n) is 3.19. The van der Waals surface area contributed by atoms with E-state index in [0.717, 1.165) is 18.7 Å². The lowest BCUT2D eigenvalue weighted by atomic mass is 10.1. The number of hydrogen-bond acceptors (Lipinski definition) is 2. The average molecular weight is 218 g/mol. The molecule has 1 amide bonds. The van der Waals surface area contributed by atoms with E-state index in [1.54, 1.807) is 0 Å². The van der Waals surface area contributed by atoms with Crippen molar-refractivity contribution in [2.45, 2.75) is 19.8 Å². The van der Waals surface area contributed by atoms with Crippen LogP contribution in [0, 0.1) is 5.92 Å². The fourth-order valence-electron chi connectivity index (χ4n) is 2.10. The fourth-order valence-corrected chi connectivity index (χ4v) is 2.10. The van der Waals surface area contributed by atoms with E-state index in [2.05, 4.69) is 19.1 Å². The van der Waals surface area contributed by atoms with Crippen molar-refractivity contribution in [3.05, 3.63) is 29.8 Å². The highest BCUT2D eigenvalue weighted by molar-refractivity contribution is 5.95. The van der Waals surface area contributed by atoms with Crippen molar-refractivity contribution >= 4 is 11.6 Å². The molecule has 1 atom stereocenters. The molecule has 1 saturated heterocycles. The molecule has 0 radical (unpaired) electrons. The molecule has 86 valence electrons. The molecule has 2 rings (SSSR count). The lowest BCUT2D eigenvalue weighted by Crippen LogP contribution is -2.25. The molecule has 1 aromatic carbocycles. The molecular weight excluding hydrogens is 200 g/mol. The van der Waals surface area contributed by atoms with Gasteiger partial charge in [-0.3, -0.25) is 4.79 Å². The number of hydrogen-bond donors (Lipinski definition) is 1. The largest absolute Gasteiger partial charge is 0.330 e. The first-order valence-corrected chi connectivity index (χ1v) is 5.84. The Bertz CT molecular complexity index is 372. The fraction of sp³-hybridized carbons (Fsp3) is 0.462. The summed E-state index contributed by atoms with van der Waals surface area (Å²) in [5, 5.41) is 0. The quantitative estimate of drug-likeness (QED) is 0.837. The van der Waals surface area contributed by atoms with Gasteiger partial charge in [0.25, 0.3) is 0 Å². The van der Waals surface area contributed by atoms with Gasteiger partial charge in [-0.15, -0.1) is 0 Å². The second-order valence-corrected chi connectivity index (χ2v) is 4.33. The number of rotatable bonds is 3. The summed E-state index contributed by atoms with van der Waals surface area (Å²) in [7, 11) is 0. The Kier molecular flexibility index (Phi) is 3.25. The number of nitrogens with zero attached hydrogens (tertiary/aromatic N) is 1. The molecule has 0 spiro atoms. The lowest BCUT2D eigenvalue weighted by molar-refractivity contribution is -0.117. The number of carbonyl (C=O) groups excluding carboxylic acids is 1. The number of nitrogens with two attached hydrogens (primary N) is 1. The number of anilines is 1. The minimum atomic E-state index is 0.194. The molecule has 0 saturated carbocycles. The maximum Gasteiger partial charge on any atom is 0.227 e. The second kappa shape index (κ2) is 4.66. The van der Waals surface area contributed by atoms with E-state index in [4.69, 9.17) is 5.73 Å². The monoisotopic (exact) mass is 218 g/mol. The molecule has 1 aromatic rings. The summed E-state index contributed by atoms with van der Waals surface area (Å²) in [5.74, 6) is 0.512. The van der Waals surface area contributed by atoms with Gasteiger partial charge >= 0.3 is 0 Å². The first kappa shape index (κ1) is 11.1. The van der Waals surface area contributed by atoms with Crippen molar-refractivity contribution in [1.82, 2.24) is 0 Å². The van der Waals surface area contributed by atoms with Crippen LogP contribution in [0.5, 0.6) is 0 Å². The summed E-state index contributed by atoms with van der Waals surface area (Å²) in [6.45, 7) is 3.48. The van der Waals surface area contributed by atoms with Gasteiger partial charge in [-0.2, -0.15) is 0 Å². The number of amides is 1. The SMILES string of the molecule is CCc1ccc(N2CC(CN)CC2=O)cc1. The van der Waals surface area contributed by atoms with Crippen molar-refractivity contribution in [3.63, 3.8) is 0 Å². The number of carbonyl (C=O) groups is 1. The van der Waals surface area contributed by atoms with Crippen LogP contribution in [0.15, 0.2) is 24.3 Å². The Morgan fingerprint density at radius 2 is 2.06 bits per heavy atom. The summed E-state index contributed by atoms with van der Waals surface area (Å²) in [5.41, 5.74) is 7.90. The maximum atomic E-state index is 11.8. The minimum absolute atomic E-state index is 0.194. The molecule has 16 heavy (non-hydrogen) atoms. The molecule has 1 aliphatic heterocycles. The Labute approximate surface area is 96.2 Å². The van der Waals surface area contributed by atoms with Gasteiger partial charge in [0, 0.05) is 18.7 Å². The van der Waals surface area contributed by atoms with Gasteiger partial charge in [0.2, 0.25) is 5.91 Å². The molecule has 3 heteroatoms. The Morgan fingerprint density at radius 3 is 2.56 bits per heavy atom. The van der Waals surface area contributed by atoms with Gasteiger partial charge in [-0.25, -0.2) is 0 Å². The van der Waals surface area contributed by atoms with Crippen LogP contribution in [0.2, 0.25) is 0 Å². The smallest absolute Gasteiger partial charge is 0.227 e. The van der Waals surface area contributed by atoms with Crippen LogP contribution in [0.25, 0.3) is 0 Å². The van der Waals surface area contributed by atoms with Crippen LogP contribution < -0.4 is 10.6 Å². The average Bonchev–Trinajstić information content (AvgIpc) is 2.71. The van der Waals surface area contributed by atoms with E-state index >= 15 is 0 Å². The van der Waals surface area contributed by atoms with Gasteiger partial charge in [-0.05, 0) is 36.6 Å². The molecule has 1 unspecified atom stereocenters. The maximum absolute atomic E-state index is 11.8. The second-order valence-electron chi connectivity index (χ2n) is 4.33. The predicted molar refractivity (Wildman–Crippen MR) is 65.3 cm³/mol. The van der Waals surface area contributed by atoms with Crippen LogP contribution in [-0.4, -0.2) is 19.0 Å². The van der Waals surface area contributed by atoms with E-state index in [0.29, 0.717) is 18.9 Å². The zero-order valence-corrected chi connectivity index (χ0v) is 9.65. The topological polar surface area (TPSA) is 46.3 Å². The van der Waals surface area contributed by atoms with Gasteiger partial charge in [0.05, 0.1) is 0 Å². The molecule has 1 fully saturated rings. The zero-order valence-electron chi connectivity index (χ0n) is 9.65. The summed E-state index contributed by atoms with van der Waals surface area (Å²) < 4.78 is 0. The van der Waals surface area contributed by atoms with Gasteiger partial charge in [0.1, 0.15) is 0 Å². The van der Waals surface area contributed by atoms with Crippen molar-refractivity contribution in [1.29, 1.82) is 0 Å². The summed E-state index contributed by atoms with van der Waals surface area (Å²) in [6, 6.07) is 8.21.